The van der Waals surface area contributed by atoms with Gasteiger partial charge in [-0.25, -0.2) is 4.79 Å². The zero-order valence-electron chi connectivity index (χ0n) is 9.77. The lowest BCUT2D eigenvalue weighted by molar-refractivity contribution is -0.135. The number of carbonyl (C=O) groups excluding carboxylic acids is 1. The van der Waals surface area contributed by atoms with Crippen molar-refractivity contribution in [1.29, 1.82) is 0 Å². The fourth-order valence-electron chi connectivity index (χ4n) is 1.35. The Morgan fingerprint density at radius 1 is 1.41 bits per heavy atom. The van der Waals surface area contributed by atoms with Gasteiger partial charge in [0.05, 0.1) is 6.61 Å². The van der Waals surface area contributed by atoms with Gasteiger partial charge in [0.25, 0.3) is 0 Å². The summed E-state index contributed by atoms with van der Waals surface area (Å²) in [7, 11) is 1.38. The van der Waals surface area contributed by atoms with Crippen LogP contribution in [0.3, 0.4) is 0 Å². The fraction of sp³-hybridized carbons (Fsp3) is 0.333. The first kappa shape index (κ1) is 13.5. The van der Waals surface area contributed by atoms with E-state index in [2.05, 4.69) is 9.99 Å². The summed E-state index contributed by atoms with van der Waals surface area (Å²) in [5.41, 5.74) is 1.56. The molecule has 92 valence electrons. The SMILES string of the molecule is CCOC(=O)C(=NOC)c1ccccc1CCl. The molecule has 0 aromatic heterocycles. The molecule has 1 aromatic rings. The largest absolute Gasteiger partial charge is 0.461 e. The van der Waals surface area contributed by atoms with Crippen molar-refractivity contribution in [1.82, 2.24) is 0 Å². The van der Waals surface area contributed by atoms with Gasteiger partial charge < -0.3 is 9.57 Å². The van der Waals surface area contributed by atoms with Crippen LogP contribution >= 0.6 is 11.6 Å². The van der Waals surface area contributed by atoms with E-state index in [1.807, 2.05) is 12.1 Å². The van der Waals surface area contributed by atoms with Gasteiger partial charge in [-0.1, -0.05) is 29.4 Å². The molecule has 0 spiro atoms. The average Bonchev–Trinajstić information content (AvgIpc) is 2.36. The molecule has 0 aliphatic rings. The maximum Gasteiger partial charge on any atom is 0.361 e. The molecule has 0 atom stereocenters. The number of benzene rings is 1. The second kappa shape index (κ2) is 6.91. The molecule has 1 aromatic carbocycles. The lowest BCUT2D eigenvalue weighted by atomic mass is 10.0. The van der Waals surface area contributed by atoms with Gasteiger partial charge in [-0.2, -0.15) is 0 Å². The third-order valence-corrected chi connectivity index (χ3v) is 2.36. The summed E-state index contributed by atoms with van der Waals surface area (Å²) in [6.07, 6.45) is 0. The molecular formula is C12H14ClNO3. The highest BCUT2D eigenvalue weighted by Crippen LogP contribution is 2.13. The van der Waals surface area contributed by atoms with Gasteiger partial charge in [-0.3, -0.25) is 0 Å². The van der Waals surface area contributed by atoms with Crippen LogP contribution in [0.2, 0.25) is 0 Å². The van der Waals surface area contributed by atoms with Crippen LogP contribution in [0, 0.1) is 0 Å². The highest BCUT2D eigenvalue weighted by Gasteiger charge is 2.18. The first-order valence-electron chi connectivity index (χ1n) is 5.17. The lowest BCUT2D eigenvalue weighted by Gasteiger charge is -2.08. The van der Waals surface area contributed by atoms with E-state index in [-0.39, 0.29) is 18.2 Å². The normalized spacial score (nSPS) is 11.1. The number of carbonyl (C=O) groups is 1. The Morgan fingerprint density at radius 2 is 2.12 bits per heavy atom. The molecule has 0 aliphatic heterocycles. The van der Waals surface area contributed by atoms with Gasteiger partial charge in [0.15, 0.2) is 5.71 Å². The monoisotopic (exact) mass is 255 g/mol. The smallest absolute Gasteiger partial charge is 0.361 e. The molecule has 0 N–H and O–H groups in total. The highest BCUT2D eigenvalue weighted by molar-refractivity contribution is 6.43. The molecule has 0 fully saturated rings. The Balaban J connectivity index is 3.14. The van der Waals surface area contributed by atoms with Crippen molar-refractivity contribution in [3.8, 4) is 0 Å². The number of hydrogen-bond acceptors (Lipinski definition) is 4. The van der Waals surface area contributed by atoms with Crippen molar-refractivity contribution in [3.05, 3.63) is 35.4 Å². The number of nitrogens with zero attached hydrogens (tertiary/aromatic N) is 1. The maximum absolute atomic E-state index is 11.7. The van der Waals surface area contributed by atoms with Crippen molar-refractivity contribution >= 4 is 23.3 Å². The van der Waals surface area contributed by atoms with E-state index in [1.165, 1.54) is 7.11 Å². The molecule has 4 nitrogen and oxygen atoms in total. The number of ether oxygens (including phenoxy) is 1. The van der Waals surface area contributed by atoms with E-state index in [4.69, 9.17) is 16.3 Å². The van der Waals surface area contributed by atoms with Gasteiger partial charge in [0, 0.05) is 11.4 Å². The number of halogens is 1. The van der Waals surface area contributed by atoms with Crippen molar-refractivity contribution < 1.29 is 14.4 Å². The zero-order valence-corrected chi connectivity index (χ0v) is 10.5. The lowest BCUT2D eigenvalue weighted by Crippen LogP contribution is -2.20. The second-order valence-electron chi connectivity index (χ2n) is 3.13. The summed E-state index contributed by atoms with van der Waals surface area (Å²) in [4.78, 5) is 16.4. The Morgan fingerprint density at radius 3 is 2.71 bits per heavy atom. The van der Waals surface area contributed by atoms with Gasteiger partial charge in [0.2, 0.25) is 0 Å². The number of rotatable bonds is 5. The minimum absolute atomic E-state index is 0.130. The molecule has 5 heteroatoms. The Labute approximate surface area is 105 Å². The minimum Gasteiger partial charge on any atom is -0.461 e. The van der Waals surface area contributed by atoms with Crippen LogP contribution in [0.4, 0.5) is 0 Å². The van der Waals surface area contributed by atoms with Crippen LogP contribution in [0.1, 0.15) is 18.1 Å². The van der Waals surface area contributed by atoms with Crippen LogP contribution in [0.15, 0.2) is 29.4 Å². The van der Waals surface area contributed by atoms with E-state index in [9.17, 15) is 4.79 Å². The van der Waals surface area contributed by atoms with Gasteiger partial charge >= 0.3 is 5.97 Å². The Bertz CT molecular complexity index is 418. The highest BCUT2D eigenvalue weighted by atomic mass is 35.5. The third-order valence-electron chi connectivity index (χ3n) is 2.07. The first-order valence-corrected chi connectivity index (χ1v) is 5.70. The fourth-order valence-corrected chi connectivity index (χ4v) is 1.59. The number of hydrogen-bond donors (Lipinski definition) is 0. The zero-order chi connectivity index (χ0) is 12.7. The van der Waals surface area contributed by atoms with E-state index in [1.54, 1.807) is 19.1 Å². The summed E-state index contributed by atoms with van der Waals surface area (Å²) in [5, 5.41) is 3.71. The average molecular weight is 256 g/mol. The Kier molecular flexibility index (Phi) is 5.49. The number of esters is 1. The summed E-state index contributed by atoms with van der Waals surface area (Å²) in [6, 6.07) is 7.23. The van der Waals surface area contributed by atoms with Crippen molar-refractivity contribution in [2.24, 2.45) is 5.16 Å². The molecule has 0 heterocycles. The van der Waals surface area contributed by atoms with Gasteiger partial charge in [0.1, 0.15) is 7.11 Å². The summed E-state index contributed by atoms with van der Waals surface area (Å²) in [5.74, 6) is -0.231. The van der Waals surface area contributed by atoms with Crippen molar-refractivity contribution in [2.75, 3.05) is 13.7 Å². The third kappa shape index (κ3) is 3.46. The van der Waals surface area contributed by atoms with E-state index in [0.717, 1.165) is 5.56 Å². The summed E-state index contributed by atoms with van der Waals surface area (Å²) < 4.78 is 4.92. The minimum atomic E-state index is -0.521. The molecule has 0 saturated carbocycles. The van der Waals surface area contributed by atoms with Crippen LogP contribution in [0.5, 0.6) is 0 Å². The van der Waals surface area contributed by atoms with E-state index < -0.39 is 5.97 Å². The Hall–Kier alpha value is -1.55. The van der Waals surface area contributed by atoms with Crippen molar-refractivity contribution in [2.45, 2.75) is 12.8 Å². The number of oxime groups is 1. The second-order valence-corrected chi connectivity index (χ2v) is 3.40. The van der Waals surface area contributed by atoms with Crippen LogP contribution in [0.25, 0.3) is 0 Å². The van der Waals surface area contributed by atoms with Crippen LogP contribution in [-0.4, -0.2) is 25.4 Å². The first-order chi connectivity index (χ1) is 8.24. The van der Waals surface area contributed by atoms with Gasteiger partial charge in [-0.15, -0.1) is 11.6 Å². The topological polar surface area (TPSA) is 47.9 Å². The molecule has 0 unspecified atom stereocenters. The molecule has 0 radical (unpaired) electrons. The molecule has 1 rings (SSSR count). The molecule has 0 aliphatic carbocycles. The predicted molar refractivity (Wildman–Crippen MR) is 66.2 cm³/mol. The van der Waals surface area contributed by atoms with Crippen LogP contribution < -0.4 is 0 Å². The van der Waals surface area contributed by atoms with E-state index >= 15 is 0 Å². The van der Waals surface area contributed by atoms with Crippen LogP contribution in [-0.2, 0) is 20.2 Å². The summed E-state index contributed by atoms with van der Waals surface area (Å²) >= 11 is 5.81. The number of alkyl halides is 1. The molecule has 0 saturated heterocycles. The molecule has 0 amide bonds. The van der Waals surface area contributed by atoms with Gasteiger partial charge in [-0.05, 0) is 12.5 Å². The quantitative estimate of drug-likeness (QED) is 0.351. The molecule has 0 bridgehead atoms. The molecule has 17 heavy (non-hydrogen) atoms. The maximum atomic E-state index is 11.7. The predicted octanol–water partition coefficient (Wildman–Crippen LogP) is 2.34. The summed E-state index contributed by atoms with van der Waals surface area (Å²) in [6.45, 7) is 2.01. The standard InChI is InChI=1S/C12H14ClNO3/c1-3-17-12(15)11(14-16-2)10-7-5-4-6-9(10)8-13/h4-7H,3,8H2,1-2H3. The molecular weight excluding hydrogens is 242 g/mol. The van der Waals surface area contributed by atoms with Crippen molar-refractivity contribution in [3.63, 3.8) is 0 Å². The van der Waals surface area contributed by atoms with E-state index in [0.29, 0.717) is 5.56 Å².